The second-order valence-electron chi connectivity index (χ2n) is 8.06. The number of likely N-dealkylation sites (N-methyl/N-ethyl adjacent to an activating group) is 1. The van der Waals surface area contributed by atoms with Gasteiger partial charge in [0.25, 0.3) is 5.91 Å². The van der Waals surface area contributed by atoms with E-state index in [1.807, 2.05) is 76.2 Å². The number of rotatable bonds is 9. The molecule has 0 radical (unpaired) electrons. The maximum Gasteiger partial charge on any atom is 0.251 e. The summed E-state index contributed by atoms with van der Waals surface area (Å²) < 4.78 is 5.32. The van der Waals surface area contributed by atoms with Crippen LogP contribution in [-0.2, 0) is 4.79 Å². The lowest BCUT2D eigenvalue weighted by Gasteiger charge is -2.27. The van der Waals surface area contributed by atoms with Gasteiger partial charge in [-0.3, -0.25) is 9.59 Å². The molecule has 162 valence electrons. The molecule has 0 aliphatic rings. The van der Waals surface area contributed by atoms with E-state index < -0.39 is 6.04 Å². The molecular formula is C24H33N3O3. The third-order valence-electron chi connectivity index (χ3n) is 5.12. The van der Waals surface area contributed by atoms with Gasteiger partial charge in [0.2, 0.25) is 5.91 Å². The Morgan fingerprint density at radius 1 is 1.07 bits per heavy atom. The predicted molar refractivity (Wildman–Crippen MR) is 120 cm³/mol. The second-order valence-corrected chi connectivity index (χ2v) is 8.06. The van der Waals surface area contributed by atoms with Gasteiger partial charge in [-0.2, -0.15) is 0 Å². The van der Waals surface area contributed by atoms with E-state index in [2.05, 4.69) is 10.6 Å². The number of nitrogens with one attached hydrogen (secondary N) is 2. The SMILES string of the molecule is COc1cccc(C(CNC(=O)C(NC(=O)c2ccc(C)cc2)C(C)C)N(C)C)c1. The second kappa shape index (κ2) is 10.8. The zero-order chi connectivity index (χ0) is 22.3. The lowest BCUT2D eigenvalue weighted by Crippen LogP contribution is -2.51. The summed E-state index contributed by atoms with van der Waals surface area (Å²) in [5, 5.41) is 5.89. The van der Waals surface area contributed by atoms with Gasteiger partial charge >= 0.3 is 0 Å². The first-order valence-corrected chi connectivity index (χ1v) is 10.2. The van der Waals surface area contributed by atoms with Crippen molar-refractivity contribution >= 4 is 11.8 Å². The molecule has 6 nitrogen and oxygen atoms in total. The molecule has 2 aromatic rings. The zero-order valence-corrected chi connectivity index (χ0v) is 18.7. The van der Waals surface area contributed by atoms with Gasteiger partial charge in [0.15, 0.2) is 0 Å². The number of hydrogen-bond acceptors (Lipinski definition) is 4. The maximum atomic E-state index is 12.9. The van der Waals surface area contributed by atoms with Crippen molar-refractivity contribution in [3.05, 3.63) is 65.2 Å². The molecule has 30 heavy (non-hydrogen) atoms. The van der Waals surface area contributed by atoms with Crippen molar-refractivity contribution in [3.8, 4) is 5.75 Å². The first kappa shape index (κ1) is 23.4. The first-order chi connectivity index (χ1) is 14.2. The third-order valence-corrected chi connectivity index (χ3v) is 5.12. The number of carbonyl (C=O) groups is 2. The Bertz CT molecular complexity index is 847. The molecule has 2 N–H and O–H groups in total. The standard InChI is InChI=1S/C24H33N3O3/c1-16(2)22(26-23(28)18-12-10-17(3)11-13-18)24(29)25-15-21(27(4)5)19-8-7-9-20(14-19)30-6/h7-14,16,21-22H,15H2,1-6H3,(H,25,29)(H,26,28). The molecular weight excluding hydrogens is 378 g/mol. The van der Waals surface area contributed by atoms with Gasteiger partial charge in [-0.15, -0.1) is 0 Å². The summed E-state index contributed by atoms with van der Waals surface area (Å²) in [5.41, 5.74) is 2.67. The molecule has 2 rings (SSSR count). The van der Waals surface area contributed by atoms with E-state index in [0.717, 1.165) is 16.9 Å². The molecule has 0 saturated carbocycles. The Labute approximate surface area is 179 Å². The van der Waals surface area contributed by atoms with Crippen LogP contribution in [0.1, 0.15) is 41.4 Å². The largest absolute Gasteiger partial charge is 0.497 e. The number of methoxy groups -OCH3 is 1. The molecule has 0 aliphatic carbocycles. The summed E-state index contributed by atoms with van der Waals surface area (Å²) in [6, 6.07) is 14.5. The summed E-state index contributed by atoms with van der Waals surface area (Å²) in [6.45, 7) is 6.23. The highest BCUT2D eigenvalue weighted by atomic mass is 16.5. The van der Waals surface area contributed by atoms with E-state index in [9.17, 15) is 9.59 Å². The lowest BCUT2D eigenvalue weighted by atomic mass is 10.0. The van der Waals surface area contributed by atoms with Crippen LogP contribution in [0.2, 0.25) is 0 Å². The minimum atomic E-state index is -0.619. The van der Waals surface area contributed by atoms with Crippen molar-refractivity contribution < 1.29 is 14.3 Å². The Balaban J connectivity index is 2.07. The average Bonchev–Trinajstić information content (AvgIpc) is 2.72. The molecule has 2 atom stereocenters. The molecule has 0 bridgehead atoms. The van der Waals surface area contributed by atoms with Crippen LogP contribution in [0.15, 0.2) is 48.5 Å². The number of ether oxygens (including phenoxy) is 1. The minimum absolute atomic E-state index is 0.0235. The van der Waals surface area contributed by atoms with Gasteiger partial charge in [0.1, 0.15) is 11.8 Å². The molecule has 0 fully saturated rings. The van der Waals surface area contributed by atoms with Crippen LogP contribution >= 0.6 is 0 Å². The number of amides is 2. The van der Waals surface area contributed by atoms with Crippen LogP contribution in [0.3, 0.4) is 0 Å². The fraction of sp³-hybridized carbons (Fsp3) is 0.417. The van der Waals surface area contributed by atoms with Gasteiger partial charge < -0.3 is 20.3 Å². The number of benzene rings is 2. The van der Waals surface area contributed by atoms with Gasteiger partial charge in [0, 0.05) is 12.1 Å². The molecule has 2 amide bonds. The van der Waals surface area contributed by atoms with Gasteiger partial charge in [-0.25, -0.2) is 0 Å². The predicted octanol–water partition coefficient (Wildman–Crippen LogP) is 3.18. The minimum Gasteiger partial charge on any atom is -0.497 e. The van der Waals surface area contributed by atoms with Crippen LogP contribution in [0, 0.1) is 12.8 Å². The van der Waals surface area contributed by atoms with Crippen molar-refractivity contribution in [1.82, 2.24) is 15.5 Å². The number of carbonyl (C=O) groups excluding carboxylic acids is 2. The van der Waals surface area contributed by atoms with Gasteiger partial charge in [0.05, 0.1) is 13.2 Å². The van der Waals surface area contributed by atoms with Crippen LogP contribution < -0.4 is 15.4 Å². The average molecular weight is 412 g/mol. The molecule has 0 aromatic heterocycles. The van der Waals surface area contributed by atoms with Crippen LogP contribution in [0.4, 0.5) is 0 Å². The van der Waals surface area contributed by atoms with Crippen molar-refractivity contribution in [2.75, 3.05) is 27.7 Å². The molecule has 2 unspecified atom stereocenters. The molecule has 0 heterocycles. The summed E-state index contributed by atoms with van der Waals surface area (Å²) in [5.74, 6) is 0.283. The van der Waals surface area contributed by atoms with E-state index in [4.69, 9.17) is 4.74 Å². The van der Waals surface area contributed by atoms with Crippen LogP contribution in [0.25, 0.3) is 0 Å². The highest BCUT2D eigenvalue weighted by Crippen LogP contribution is 2.22. The smallest absolute Gasteiger partial charge is 0.251 e. The van der Waals surface area contributed by atoms with Crippen molar-refractivity contribution in [3.63, 3.8) is 0 Å². The third kappa shape index (κ3) is 6.32. The molecule has 0 saturated heterocycles. The zero-order valence-electron chi connectivity index (χ0n) is 18.7. The Morgan fingerprint density at radius 2 is 1.73 bits per heavy atom. The number of nitrogens with zero attached hydrogens (tertiary/aromatic N) is 1. The summed E-state index contributed by atoms with van der Waals surface area (Å²) in [4.78, 5) is 27.6. The monoisotopic (exact) mass is 411 g/mol. The van der Waals surface area contributed by atoms with Crippen molar-refractivity contribution in [2.45, 2.75) is 32.9 Å². The Hall–Kier alpha value is -2.86. The summed E-state index contributed by atoms with van der Waals surface area (Å²) in [7, 11) is 5.57. The molecule has 0 aliphatic heterocycles. The number of hydrogen-bond donors (Lipinski definition) is 2. The van der Waals surface area contributed by atoms with E-state index in [1.54, 1.807) is 19.2 Å². The van der Waals surface area contributed by atoms with E-state index >= 15 is 0 Å². The normalized spacial score (nSPS) is 13.1. The Kier molecular flexibility index (Phi) is 8.42. The summed E-state index contributed by atoms with van der Waals surface area (Å²) in [6.07, 6.45) is 0. The van der Waals surface area contributed by atoms with Gasteiger partial charge in [-0.05, 0) is 56.8 Å². The maximum absolute atomic E-state index is 12.9. The fourth-order valence-electron chi connectivity index (χ4n) is 3.22. The first-order valence-electron chi connectivity index (χ1n) is 10.2. The molecule has 0 spiro atoms. The molecule has 6 heteroatoms. The highest BCUT2D eigenvalue weighted by Gasteiger charge is 2.26. The van der Waals surface area contributed by atoms with E-state index in [1.165, 1.54) is 0 Å². The van der Waals surface area contributed by atoms with Crippen LogP contribution in [-0.4, -0.2) is 50.5 Å². The van der Waals surface area contributed by atoms with Crippen molar-refractivity contribution in [1.29, 1.82) is 0 Å². The van der Waals surface area contributed by atoms with Gasteiger partial charge in [-0.1, -0.05) is 43.7 Å². The van der Waals surface area contributed by atoms with Crippen molar-refractivity contribution in [2.24, 2.45) is 5.92 Å². The Morgan fingerprint density at radius 3 is 2.30 bits per heavy atom. The summed E-state index contributed by atoms with van der Waals surface area (Å²) >= 11 is 0. The quantitative estimate of drug-likeness (QED) is 0.665. The lowest BCUT2D eigenvalue weighted by molar-refractivity contribution is -0.124. The van der Waals surface area contributed by atoms with E-state index in [0.29, 0.717) is 12.1 Å². The highest BCUT2D eigenvalue weighted by molar-refractivity contribution is 5.97. The van der Waals surface area contributed by atoms with Crippen LogP contribution in [0.5, 0.6) is 5.75 Å². The van der Waals surface area contributed by atoms with E-state index in [-0.39, 0.29) is 23.8 Å². The fourth-order valence-corrected chi connectivity index (χ4v) is 3.22. The molecule has 2 aromatic carbocycles. The number of aryl methyl sites for hydroxylation is 1. The topological polar surface area (TPSA) is 70.7 Å².